The molecule has 0 radical (unpaired) electrons. The summed E-state index contributed by atoms with van der Waals surface area (Å²) in [6.45, 7) is 5.77. The molecule has 3 aromatic rings. The summed E-state index contributed by atoms with van der Waals surface area (Å²) in [5, 5.41) is 2.98. The van der Waals surface area contributed by atoms with Crippen molar-refractivity contribution >= 4 is 21.6 Å². The second kappa shape index (κ2) is 7.82. The number of hydrogen-bond donors (Lipinski definition) is 2. The second-order valence-electron chi connectivity index (χ2n) is 7.46. The molecule has 0 amide bonds. The largest absolute Gasteiger partial charge is 0.488 e. The minimum absolute atomic E-state index is 0.0165. The molecule has 27 heavy (non-hydrogen) atoms. The Bertz CT molecular complexity index is 980. The first kappa shape index (κ1) is 18.2. The number of hydrogen-bond acceptors (Lipinski definition) is 4. The van der Waals surface area contributed by atoms with Gasteiger partial charge in [-0.15, -0.1) is 11.3 Å². The van der Waals surface area contributed by atoms with Crippen LogP contribution < -0.4 is 15.6 Å². The standard InChI is InChI=1S/C21H25N3O2S/c1-13-8-9-16-17(12-13)27-21-18(16)20(25)23-19(24-21)14(2)22-10-11-26-15-6-4-3-5-7-15/h3-7,13-14,22H,8-12H2,1-2H3,(H,23,24,25)/p+1/t13-,14-/m1/s1. The summed E-state index contributed by atoms with van der Waals surface area (Å²) in [4.78, 5) is 22.8. The summed E-state index contributed by atoms with van der Waals surface area (Å²) in [6, 6.07) is 9.90. The highest BCUT2D eigenvalue weighted by molar-refractivity contribution is 7.18. The van der Waals surface area contributed by atoms with E-state index in [9.17, 15) is 4.79 Å². The van der Waals surface area contributed by atoms with Gasteiger partial charge in [-0.05, 0) is 49.8 Å². The molecule has 0 unspecified atom stereocenters. The molecule has 1 aromatic carbocycles. The minimum atomic E-state index is 0.0165. The Kier molecular flexibility index (Phi) is 5.27. The number of fused-ring (bicyclic) bond motifs is 3. The van der Waals surface area contributed by atoms with Crippen molar-refractivity contribution in [2.24, 2.45) is 5.92 Å². The van der Waals surface area contributed by atoms with Gasteiger partial charge in [-0.1, -0.05) is 25.1 Å². The van der Waals surface area contributed by atoms with E-state index in [0.717, 1.165) is 47.6 Å². The summed E-state index contributed by atoms with van der Waals surface area (Å²) in [7, 11) is 0. The molecule has 2 heterocycles. The number of quaternary nitrogens is 1. The van der Waals surface area contributed by atoms with Crippen molar-refractivity contribution in [3.8, 4) is 5.75 Å². The van der Waals surface area contributed by atoms with E-state index in [-0.39, 0.29) is 11.6 Å². The quantitative estimate of drug-likeness (QED) is 0.642. The molecule has 6 heteroatoms. The molecule has 1 aliphatic carbocycles. The smallest absolute Gasteiger partial charge is 0.260 e. The molecular formula is C21H26N3O2S+. The second-order valence-corrected chi connectivity index (χ2v) is 8.54. The number of aromatic nitrogens is 2. The third kappa shape index (κ3) is 3.92. The number of thiophene rings is 1. The van der Waals surface area contributed by atoms with Gasteiger partial charge in [0.25, 0.3) is 5.56 Å². The van der Waals surface area contributed by atoms with E-state index in [2.05, 4.69) is 24.1 Å². The van der Waals surface area contributed by atoms with Crippen LogP contribution in [0.25, 0.3) is 10.2 Å². The molecule has 5 nitrogen and oxygen atoms in total. The maximum absolute atomic E-state index is 12.7. The van der Waals surface area contributed by atoms with Crippen LogP contribution in [0, 0.1) is 5.92 Å². The average molecular weight is 385 g/mol. The number of H-pyrrole nitrogens is 1. The molecule has 2 atom stereocenters. The first-order valence-electron chi connectivity index (χ1n) is 9.67. The molecule has 142 valence electrons. The molecule has 0 saturated heterocycles. The molecule has 3 N–H and O–H groups in total. The molecule has 0 saturated carbocycles. The number of benzene rings is 1. The highest BCUT2D eigenvalue weighted by Crippen LogP contribution is 2.35. The van der Waals surface area contributed by atoms with Gasteiger partial charge in [0, 0.05) is 4.88 Å². The van der Waals surface area contributed by atoms with Gasteiger partial charge < -0.3 is 15.0 Å². The molecule has 0 fully saturated rings. The van der Waals surface area contributed by atoms with E-state index in [1.54, 1.807) is 11.3 Å². The highest BCUT2D eigenvalue weighted by Gasteiger charge is 2.24. The Labute approximate surface area is 162 Å². The van der Waals surface area contributed by atoms with E-state index in [4.69, 9.17) is 9.72 Å². The van der Waals surface area contributed by atoms with Crippen LogP contribution in [0.2, 0.25) is 0 Å². The van der Waals surface area contributed by atoms with E-state index in [1.807, 2.05) is 30.3 Å². The number of ether oxygens (including phenoxy) is 1. The SMILES string of the molecule is C[C@@H]1CCc2c(sc3nc([C@@H](C)[NH2+]CCOc4ccccc4)[nH]c(=O)c23)C1. The zero-order valence-electron chi connectivity index (χ0n) is 15.8. The number of nitrogens with two attached hydrogens (primary N) is 1. The van der Waals surface area contributed by atoms with Crippen molar-refractivity contribution in [3.63, 3.8) is 0 Å². The molecular weight excluding hydrogens is 358 g/mol. The third-order valence-corrected chi connectivity index (χ3v) is 6.41. The predicted molar refractivity (Wildman–Crippen MR) is 109 cm³/mol. The fourth-order valence-electron chi connectivity index (χ4n) is 3.70. The van der Waals surface area contributed by atoms with Gasteiger partial charge in [0.05, 0.1) is 5.39 Å². The van der Waals surface area contributed by atoms with Crippen LogP contribution in [0.5, 0.6) is 5.75 Å². The predicted octanol–water partition coefficient (Wildman–Crippen LogP) is 2.81. The summed E-state index contributed by atoms with van der Waals surface area (Å²) >= 11 is 1.71. The number of aryl methyl sites for hydroxylation is 1. The highest BCUT2D eigenvalue weighted by atomic mass is 32.1. The van der Waals surface area contributed by atoms with Gasteiger partial charge in [0.1, 0.15) is 29.8 Å². The lowest BCUT2D eigenvalue weighted by Gasteiger charge is -2.17. The van der Waals surface area contributed by atoms with Gasteiger partial charge in [-0.25, -0.2) is 4.98 Å². The van der Waals surface area contributed by atoms with Crippen LogP contribution in [0.4, 0.5) is 0 Å². The summed E-state index contributed by atoms with van der Waals surface area (Å²) < 4.78 is 5.73. The fourth-order valence-corrected chi connectivity index (χ4v) is 5.09. The molecule has 0 aliphatic heterocycles. The number of nitrogens with one attached hydrogen (secondary N) is 1. The number of aromatic amines is 1. The number of rotatable bonds is 6. The maximum Gasteiger partial charge on any atom is 0.260 e. The Morgan fingerprint density at radius 3 is 3.00 bits per heavy atom. The molecule has 0 bridgehead atoms. The van der Waals surface area contributed by atoms with Crippen molar-refractivity contribution in [2.75, 3.05) is 13.2 Å². The Balaban J connectivity index is 1.44. The Morgan fingerprint density at radius 1 is 1.37 bits per heavy atom. The summed E-state index contributed by atoms with van der Waals surface area (Å²) in [5.41, 5.74) is 1.25. The fraction of sp³-hybridized carbons (Fsp3) is 0.429. The van der Waals surface area contributed by atoms with Crippen LogP contribution in [-0.2, 0) is 12.8 Å². The maximum atomic E-state index is 12.7. The van der Waals surface area contributed by atoms with Crippen LogP contribution in [0.3, 0.4) is 0 Å². The van der Waals surface area contributed by atoms with Crippen LogP contribution in [0.1, 0.15) is 42.6 Å². The summed E-state index contributed by atoms with van der Waals surface area (Å²) in [5.74, 6) is 2.32. The number of nitrogens with zero attached hydrogens (tertiary/aromatic N) is 1. The first-order chi connectivity index (χ1) is 13.1. The van der Waals surface area contributed by atoms with Crippen LogP contribution in [0.15, 0.2) is 35.1 Å². The third-order valence-electron chi connectivity index (χ3n) is 5.27. The molecule has 2 aromatic heterocycles. The van der Waals surface area contributed by atoms with Crippen molar-refractivity contribution < 1.29 is 10.1 Å². The molecule has 1 aliphatic rings. The zero-order valence-corrected chi connectivity index (χ0v) is 16.6. The first-order valence-corrected chi connectivity index (χ1v) is 10.5. The van der Waals surface area contributed by atoms with Gasteiger partial charge in [0.15, 0.2) is 5.82 Å². The van der Waals surface area contributed by atoms with Crippen molar-refractivity contribution in [2.45, 2.75) is 39.2 Å². The average Bonchev–Trinajstić information content (AvgIpc) is 3.03. The minimum Gasteiger partial charge on any atom is -0.488 e. The van der Waals surface area contributed by atoms with Crippen LogP contribution >= 0.6 is 11.3 Å². The van der Waals surface area contributed by atoms with Crippen LogP contribution in [-0.4, -0.2) is 23.1 Å². The van der Waals surface area contributed by atoms with E-state index >= 15 is 0 Å². The molecule has 0 spiro atoms. The Hall–Kier alpha value is -2.18. The van der Waals surface area contributed by atoms with E-state index < -0.39 is 0 Å². The van der Waals surface area contributed by atoms with Crippen molar-refractivity contribution in [1.82, 2.24) is 9.97 Å². The van der Waals surface area contributed by atoms with Gasteiger partial charge in [-0.2, -0.15) is 0 Å². The van der Waals surface area contributed by atoms with E-state index in [1.165, 1.54) is 10.4 Å². The van der Waals surface area contributed by atoms with Crippen molar-refractivity contribution in [1.29, 1.82) is 0 Å². The lowest BCUT2D eigenvalue weighted by atomic mass is 9.89. The van der Waals surface area contributed by atoms with Gasteiger partial charge >= 0.3 is 0 Å². The molecule has 4 rings (SSSR count). The topological polar surface area (TPSA) is 71.6 Å². The number of para-hydroxylation sites is 1. The van der Waals surface area contributed by atoms with E-state index in [0.29, 0.717) is 12.5 Å². The summed E-state index contributed by atoms with van der Waals surface area (Å²) in [6.07, 6.45) is 3.23. The monoisotopic (exact) mass is 384 g/mol. The Morgan fingerprint density at radius 2 is 2.19 bits per heavy atom. The van der Waals surface area contributed by atoms with Gasteiger partial charge in [0.2, 0.25) is 0 Å². The normalized spacial score (nSPS) is 17.6. The lowest BCUT2D eigenvalue weighted by molar-refractivity contribution is -0.694. The zero-order chi connectivity index (χ0) is 18.8. The lowest BCUT2D eigenvalue weighted by Crippen LogP contribution is -2.86. The van der Waals surface area contributed by atoms with Crippen molar-refractivity contribution in [3.05, 3.63) is 57.0 Å². The van der Waals surface area contributed by atoms with Gasteiger partial charge in [-0.3, -0.25) is 4.79 Å².